The van der Waals surface area contributed by atoms with Crippen molar-refractivity contribution >= 4 is 0 Å². The maximum absolute atomic E-state index is 11.8. The summed E-state index contributed by atoms with van der Waals surface area (Å²) in [5, 5.41) is 18.3. The summed E-state index contributed by atoms with van der Waals surface area (Å²) in [6, 6.07) is 6.52. The van der Waals surface area contributed by atoms with Gasteiger partial charge in [-0.1, -0.05) is 12.1 Å². The second-order valence-corrected chi connectivity index (χ2v) is 4.00. The normalized spacial score (nSPS) is 10.6. The predicted octanol–water partition coefficient (Wildman–Crippen LogP) is 0.986. The number of rotatable bonds is 3. The first-order chi connectivity index (χ1) is 8.61. The van der Waals surface area contributed by atoms with E-state index in [9.17, 15) is 9.90 Å². The summed E-state index contributed by atoms with van der Waals surface area (Å²) < 4.78 is 0. The number of nitrogens with one attached hydrogen (secondary N) is 1. The van der Waals surface area contributed by atoms with Crippen molar-refractivity contribution in [3.63, 3.8) is 0 Å². The molecule has 1 aromatic carbocycles. The van der Waals surface area contributed by atoms with E-state index in [1.54, 1.807) is 25.1 Å². The average molecular weight is 246 g/mol. The maximum atomic E-state index is 11.8. The third-order valence-corrected chi connectivity index (χ3v) is 2.70. The van der Waals surface area contributed by atoms with E-state index in [1.165, 1.54) is 6.07 Å². The van der Waals surface area contributed by atoms with Crippen molar-refractivity contribution in [1.29, 1.82) is 0 Å². The average Bonchev–Trinajstić information content (AvgIpc) is 2.33. The molecule has 0 aliphatic heterocycles. The Bertz CT molecular complexity index is 620. The van der Waals surface area contributed by atoms with E-state index >= 15 is 0 Å². The lowest BCUT2D eigenvalue weighted by Crippen LogP contribution is -2.18. The standard InChI is InChI=1S/C13H14N2O3/c1-8-11(5-6-16)13(18)15-12(14-8)9-3-2-4-10(17)7-9/h2-4,7,16-17H,5-6H2,1H3,(H,14,15,18). The number of aromatic nitrogens is 2. The van der Waals surface area contributed by atoms with Gasteiger partial charge in [0, 0.05) is 29.8 Å². The lowest BCUT2D eigenvalue weighted by Gasteiger charge is -2.06. The van der Waals surface area contributed by atoms with Gasteiger partial charge in [0.15, 0.2) is 0 Å². The lowest BCUT2D eigenvalue weighted by molar-refractivity contribution is 0.298. The number of phenols is 1. The van der Waals surface area contributed by atoms with Crippen LogP contribution < -0.4 is 5.56 Å². The third-order valence-electron chi connectivity index (χ3n) is 2.70. The molecule has 1 aromatic heterocycles. The van der Waals surface area contributed by atoms with Crippen molar-refractivity contribution in [3.8, 4) is 17.1 Å². The van der Waals surface area contributed by atoms with Crippen molar-refractivity contribution in [2.45, 2.75) is 13.3 Å². The largest absolute Gasteiger partial charge is 0.508 e. The number of aryl methyl sites for hydroxylation is 1. The molecule has 0 aliphatic rings. The molecule has 2 aromatic rings. The highest BCUT2D eigenvalue weighted by Crippen LogP contribution is 2.19. The monoisotopic (exact) mass is 246 g/mol. The third kappa shape index (κ3) is 2.41. The topological polar surface area (TPSA) is 86.2 Å². The van der Waals surface area contributed by atoms with Crippen LogP contribution in [0.1, 0.15) is 11.3 Å². The minimum absolute atomic E-state index is 0.0862. The van der Waals surface area contributed by atoms with Crippen LogP contribution in [-0.2, 0) is 6.42 Å². The van der Waals surface area contributed by atoms with Crippen LogP contribution in [0.2, 0.25) is 0 Å². The van der Waals surface area contributed by atoms with Crippen molar-refractivity contribution in [2.75, 3.05) is 6.61 Å². The summed E-state index contributed by atoms with van der Waals surface area (Å²) in [5.74, 6) is 0.530. The van der Waals surface area contributed by atoms with E-state index in [1.807, 2.05) is 0 Å². The first-order valence-corrected chi connectivity index (χ1v) is 5.62. The number of benzene rings is 1. The molecule has 0 bridgehead atoms. The van der Waals surface area contributed by atoms with E-state index in [-0.39, 0.29) is 24.3 Å². The van der Waals surface area contributed by atoms with E-state index in [2.05, 4.69) is 9.97 Å². The number of nitrogens with zero attached hydrogens (tertiary/aromatic N) is 1. The summed E-state index contributed by atoms with van der Waals surface area (Å²) >= 11 is 0. The van der Waals surface area contributed by atoms with Gasteiger partial charge in [0.1, 0.15) is 11.6 Å². The van der Waals surface area contributed by atoms with Crippen LogP contribution >= 0.6 is 0 Å². The zero-order valence-corrected chi connectivity index (χ0v) is 9.97. The zero-order valence-electron chi connectivity index (χ0n) is 9.97. The van der Waals surface area contributed by atoms with Gasteiger partial charge in [-0.2, -0.15) is 0 Å². The molecular formula is C13H14N2O3. The minimum atomic E-state index is -0.255. The lowest BCUT2D eigenvalue weighted by atomic mass is 10.1. The first-order valence-electron chi connectivity index (χ1n) is 5.62. The summed E-state index contributed by atoms with van der Waals surface area (Å²) in [5.41, 5.74) is 1.47. The molecule has 0 atom stereocenters. The highest BCUT2D eigenvalue weighted by Gasteiger charge is 2.09. The van der Waals surface area contributed by atoms with Gasteiger partial charge in [-0.15, -0.1) is 0 Å². The van der Waals surface area contributed by atoms with Crippen LogP contribution in [0.15, 0.2) is 29.1 Å². The van der Waals surface area contributed by atoms with Crippen molar-refractivity contribution in [2.24, 2.45) is 0 Å². The summed E-state index contributed by atoms with van der Waals surface area (Å²) in [7, 11) is 0. The molecule has 5 heteroatoms. The van der Waals surface area contributed by atoms with Crippen LogP contribution in [0.25, 0.3) is 11.4 Å². The molecule has 2 rings (SSSR count). The quantitative estimate of drug-likeness (QED) is 0.753. The predicted molar refractivity (Wildman–Crippen MR) is 67.5 cm³/mol. The molecule has 3 N–H and O–H groups in total. The van der Waals surface area contributed by atoms with Gasteiger partial charge in [0.05, 0.1) is 0 Å². The fourth-order valence-electron chi connectivity index (χ4n) is 1.81. The van der Waals surface area contributed by atoms with E-state index in [4.69, 9.17) is 5.11 Å². The summed E-state index contributed by atoms with van der Waals surface area (Å²) in [4.78, 5) is 18.8. The van der Waals surface area contributed by atoms with E-state index in [0.29, 0.717) is 22.6 Å². The van der Waals surface area contributed by atoms with Crippen LogP contribution in [-0.4, -0.2) is 26.8 Å². The Kier molecular flexibility index (Phi) is 3.43. The maximum Gasteiger partial charge on any atom is 0.254 e. The summed E-state index contributed by atoms with van der Waals surface area (Å²) in [6.45, 7) is 1.64. The van der Waals surface area contributed by atoms with Crippen LogP contribution in [0, 0.1) is 6.92 Å². The molecule has 0 radical (unpaired) electrons. The second-order valence-electron chi connectivity index (χ2n) is 4.00. The van der Waals surface area contributed by atoms with Gasteiger partial charge in [-0.3, -0.25) is 4.79 Å². The van der Waals surface area contributed by atoms with Gasteiger partial charge in [0.25, 0.3) is 5.56 Å². The Labute approximate surface area is 104 Å². The molecule has 94 valence electrons. The Balaban J connectivity index is 2.51. The molecule has 0 saturated carbocycles. The van der Waals surface area contributed by atoms with Crippen molar-refractivity contribution in [1.82, 2.24) is 9.97 Å². The van der Waals surface area contributed by atoms with E-state index < -0.39 is 0 Å². The number of phenolic OH excluding ortho intramolecular Hbond substituents is 1. The van der Waals surface area contributed by atoms with Gasteiger partial charge in [-0.25, -0.2) is 4.98 Å². The van der Waals surface area contributed by atoms with Gasteiger partial charge in [0.2, 0.25) is 0 Å². The minimum Gasteiger partial charge on any atom is -0.508 e. The Morgan fingerprint density at radius 2 is 2.17 bits per heavy atom. The molecule has 5 nitrogen and oxygen atoms in total. The number of hydrogen-bond donors (Lipinski definition) is 3. The fourth-order valence-corrected chi connectivity index (χ4v) is 1.81. The molecule has 0 aliphatic carbocycles. The number of aliphatic hydroxyl groups is 1. The molecule has 0 amide bonds. The fraction of sp³-hybridized carbons (Fsp3) is 0.231. The van der Waals surface area contributed by atoms with Crippen molar-refractivity contribution < 1.29 is 10.2 Å². The van der Waals surface area contributed by atoms with Gasteiger partial charge in [-0.05, 0) is 19.1 Å². The SMILES string of the molecule is Cc1nc(-c2cccc(O)c2)[nH]c(=O)c1CCO. The zero-order chi connectivity index (χ0) is 13.1. The Morgan fingerprint density at radius 1 is 1.39 bits per heavy atom. The molecule has 0 fully saturated rings. The number of aromatic hydroxyl groups is 1. The molecule has 18 heavy (non-hydrogen) atoms. The number of aromatic amines is 1. The molecule has 0 unspecified atom stereocenters. The smallest absolute Gasteiger partial charge is 0.254 e. The molecular weight excluding hydrogens is 232 g/mol. The number of hydrogen-bond acceptors (Lipinski definition) is 4. The first kappa shape index (κ1) is 12.3. The van der Waals surface area contributed by atoms with E-state index in [0.717, 1.165) is 0 Å². The van der Waals surface area contributed by atoms with Crippen LogP contribution in [0.5, 0.6) is 5.75 Å². The van der Waals surface area contributed by atoms with Gasteiger partial charge < -0.3 is 15.2 Å². The van der Waals surface area contributed by atoms with Crippen LogP contribution in [0.3, 0.4) is 0 Å². The number of aliphatic hydroxyl groups excluding tert-OH is 1. The van der Waals surface area contributed by atoms with Gasteiger partial charge >= 0.3 is 0 Å². The van der Waals surface area contributed by atoms with Crippen LogP contribution in [0.4, 0.5) is 0 Å². The highest BCUT2D eigenvalue weighted by atomic mass is 16.3. The Morgan fingerprint density at radius 3 is 2.78 bits per heavy atom. The molecule has 0 spiro atoms. The summed E-state index contributed by atoms with van der Waals surface area (Å²) in [6.07, 6.45) is 0.286. The number of H-pyrrole nitrogens is 1. The molecule has 0 saturated heterocycles. The Hall–Kier alpha value is -2.14. The molecule has 1 heterocycles. The highest BCUT2D eigenvalue weighted by molar-refractivity contribution is 5.57. The second kappa shape index (κ2) is 5.01. The van der Waals surface area contributed by atoms with Crippen molar-refractivity contribution in [3.05, 3.63) is 45.9 Å².